The standard InChI is InChI=1S/C18H20ClF3N4O2/c1-10-7-15(25-17(23)24-10)26-5-2-6-28-9-14(26)12-8-11(3-4-13(12)19)16(27)18(20,21)22/h3-4,7-8,14,16,27H,2,5-6,9H2,1H3,(H2,23,24,25)/t14-,16?/m0/s1. The number of aromatic nitrogens is 2. The van der Waals surface area contributed by atoms with E-state index in [0.29, 0.717) is 36.6 Å². The first kappa shape index (κ1) is 20.6. The molecule has 0 spiro atoms. The molecular weight excluding hydrogens is 397 g/mol. The molecule has 1 aliphatic rings. The largest absolute Gasteiger partial charge is 0.418 e. The van der Waals surface area contributed by atoms with Gasteiger partial charge in [0, 0.05) is 29.9 Å². The second-order valence-electron chi connectivity index (χ2n) is 6.59. The summed E-state index contributed by atoms with van der Waals surface area (Å²) in [7, 11) is 0. The molecule has 0 saturated carbocycles. The highest BCUT2D eigenvalue weighted by Gasteiger charge is 2.40. The van der Waals surface area contributed by atoms with Gasteiger partial charge in [-0.1, -0.05) is 17.7 Å². The highest BCUT2D eigenvalue weighted by molar-refractivity contribution is 6.31. The quantitative estimate of drug-likeness (QED) is 0.795. The summed E-state index contributed by atoms with van der Waals surface area (Å²) in [4.78, 5) is 10.2. The van der Waals surface area contributed by atoms with Crippen molar-refractivity contribution in [1.82, 2.24) is 9.97 Å². The number of alkyl halides is 3. The molecule has 0 radical (unpaired) electrons. The van der Waals surface area contributed by atoms with E-state index in [9.17, 15) is 18.3 Å². The van der Waals surface area contributed by atoms with E-state index >= 15 is 0 Å². The zero-order valence-electron chi connectivity index (χ0n) is 15.1. The first-order valence-corrected chi connectivity index (χ1v) is 9.04. The summed E-state index contributed by atoms with van der Waals surface area (Å²) in [6.07, 6.45) is -6.68. The first-order chi connectivity index (χ1) is 13.2. The minimum atomic E-state index is -4.77. The van der Waals surface area contributed by atoms with Crippen molar-refractivity contribution in [3.63, 3.8) is 0 Å². The molecule has 3 N–H and O–H groups in total. The van der Waals surface area contributed by atoms with Gasteiger partial charge in [0.1, 0.15) is 5.82 Å². The van der Waals surface area contributed by atoms with Gasteiger partial charge in [0.2, 0.25) is 5.95 Å². The number of aliphatic hydroxyl groups excluding tert-OH is 1. The van der Waals surface area contributed by atoms with Gasteiger partial charge in [-0.2, -0.15) is 18.2 Å². The van der Waals surface area contributed by atoms with E-state index in [0.717, 1.165) is 0 Å². The predicted molar refractivity (Wildman–Crippen MR) is 99.2 cm³/mol. The molecule has 1 aromatic heterocycles. The zero-order valence-corrected chi connectivity index (χ0v) is 15.8. The number of benzene rings is 1. The number of hydrogen-bond donors (Lipinski definition) is 2. The molecule has 0 amide bonds. The number of nitrogens with zero attached hydrogens (tertiary/aromatic N) is 3. The topological polar surface area (TPSA) is 84.5 Å². The molecular formula is C18H20ClF3N4O2. The minimum Gasteiger partial charge on any atom is -0.379 e. The number of halogens is 4. The van der Waals surface area contributed by atoms with Crippen LogP contribution in [-0.2, 0) is 4.74 Å². The van der Waals surface area contributed by atoms with Gasteiger partial charge in [0.05, 0.1) is 12.6 Å². The average Bonchev–Trinajstić information content (AvgIpc) is 2.86. The Morgan fingerprint density at radius 3 is 2.75 bits per heavy atom. The number of hydrogen-bond acceptors (Lipinski definition) is 6. The number of rotatable bonds is 3. The van der Waals surface area contributed by atoms with E-state index in [-0.39, 0.29) is 23.1 Å². The third-order valence-corrected chi connectivity index (χ3v) is 4.84. The predicted octanol–water partition coefficient (Wildman–Crippen LogP) is 3.58. The van der Waals surface area contributed by atoms with Crippen molar-refractivity contribution < 1.29 is 23.0 Å². The average molecular weight is 417 g/mol. The zero-order chi connectivity index (χ0) is 20.5. The molecule has 1 saturated heterocycles. The number of aryl methyl sites for hydroxylation is 1. The Kier molecular flexibility index (Phi) is 5.97. The Balaban J connectivity index is 2.05. The molecule has 2 aromatic rings. The van der Waals surface area contributed by atoms with Crippen LogP contribution in [0.25, 0.3) is 0 Å². The summed E-state index contributed by atoms with van der Waals surface area (Å²) in [5.74, 6) is 0.643. The van der Waals surface area contributed by atoms with Gasteiger partial charge < -0.3 is 20.5 Å². The molecule has 0 aliphatic carbocycles. The molecule has 6 nitrogen and oxygen atoms in total. The molecule has 1 aliphatic heterocycles. The Bertz CT molecular complexity index is 830. The van der Waals surface area contributed by atoms with Crippen molar-refractivity contribution in [3.8, 4) is 0 Å². The van der Waals surface area contributed by atoms with Crippen LogP contribution in [0.2, 0.25) is 5.02 Å². The van der Waals surface area contributed by atoms with Crippen molar-refractivity contribution >= 4 is 23.4 Å². The lowest BCUT2D eigenvalue weighted by Crippen LogP contribution is -2.32. The summed E-state index contributed by atoms with van der Waals surface area (Å²) in [5, 5.41) is 9.91. The van der Waals surface area contributed by atoms with Crippen LogP contribution in [0.1, 0.15) is 35.4 Å². The van der Waals surface area contributed by atoms with Gasteiger partial charge in [-0.25, -0.2) is 4.98 Å². The maximum absolute atomic E-state index is 13.0. The van der Waals surface area contributed by atoms with Gasteiger partial charge in [-0.3, -0.25) is 0 Å². The number of nitrogens with two attached hydrogens (primary N) is 1. The van der Waals surface area contributed by atoms with E-state index < -0.39 is 18.3 Å². The molecule has 1 aromatic carbocycles. The van der Waals surface area contributed by atoms with Gasteiger partial charge in [-0.05, 0) is 36.6 Å². The fraction of sp³-hybridized carbons (Fsp3) is 0.444. The van der Waals surface area contributed by atoms with Crippen LogP contribution < -0.4 is 10.6 Å². The van der Waals surface area contributed by atoms with Gasteiger partial charge in [0.15, 0.2) is 6.10 Å². The molecule has 1 fully saturated rings. The van der Waals surface area contributed by atoms with Gasteiger partial charge in [0.25, 0.3) is 0 Å². The monoisotopic (exact) mass is 416 g/mol. The summed E-state index contributed by atoms with van der Waals surface area (Å²) in [5.41, 5.74) is 6.57. The minimum absolute atomic E-state index is 0.103. The number of anilines is 2. The third-order valence-electron chi connectivity index (χ3n) is 4.50. The smallest absolute Gasteiger partial charge is 0.379 e. The molecule has 3 rings (SSSR count). The Morgan fingerprint density at radius 1 is 1.32 bits per heavy atom. The Morgan fingerprint density at radius 2 is 2.07 bits per heavy atom. The molecule has 2 atom stereocenters. The highest BCUT2D eigenvalue weighted by Crippen LogP contribution is 2.38. The molecule has 10 heteroatoms. The van der Waals surface area contributed by atoms with E-state index in [1.807, 2.05) is 4.90 Å². The van der Waals surface area contributed by atoms with Crippen molar-refractivity contribution in [3.05, 3.63) is 46.1 Å². The first-order valence-electron chi connectivity index (χ1n) is 8.66. The normalized spacial score (nSPS) is 19.4. The number of aliphatic hydroxyl groups is 1. The Hall–Kier alpha value is -2.10. The number of ether oxygens (including phenoxy) is 1. The summed E-state index contributed by atoms with van der Waals surface area (Å²) >= 11 is 6.31. The van der Waals surface area contributed by atoms with Gasteiger partial charge in [-0.15, -0.1) is 0 Å². The van der Waals surface area contributed by atoms with Crippen molar-refractivity contribution in [2.75, 3.05) is 30.4 Å². The number of nitrogen functional groups attached to an aromatic ring is 1. The van der Waals surface area contributed by atoms with Crippen LogP contribution in [-0.4, -0.2) is 41.0 Å². The fourth-order valence-corrected chi connectivity index (χ4v) is 3.45. The lowest BCUT2D eigenvalue weighted by Gasteiger charge is -2.32. The van der Waals surface area contributed by atoms with Crippen molar-refractivity contribution in [2.45, 2.75) is 31.7 Å². The Labute approximate surface area is 165 Å². The van der Waals surface area contributed by atoms with Crippen LogP contribution in [0.15, 0.2) is 24.3 Å². The van der Waals surface area contributed by atoms with Crippen LogP contribution in [0.3, 0.4) is 0 Å². The summed E-state index contributed by atoms with van der Waals surface area (Å²) < 4.78 is 44.5. The van der Waals surface area contributed by atoms with E-state index in [1.54, 1.807) is 13.0 Å². The highest BCUT2D eigenvalue weighted by atomic mass is 35.5. The second-order valence-corrected chi connectivity index (χ2v) is 7.00. The molecule has 2 heterocycles. The fourth-order valence-electron chi connectivity index (χ4n) is 3.21. The summed E-state index contributed by atoms with van der Waals surface area (Å²) in [6.45, 7) is 3.02. The van der Waals surface area contributed by atoms with E-state index in [4.69, 9.17) is 22.1 Å². The maximum atomic E-state index is 13.0. The lowest BCUT2D eigenvalue weighted by molar-refractivity contribution is -0.206. The molecule has 152 valence electrons. The van der Waals surface area contributed by atoms with E-state index in [1.165, 1.54) is 18.2 Å². The maximum Gasteiger partial charge on any atom is 0.418 e. The molecule has 1 unspecified atom stereocenters. The van der Waals surface area contributed by atoms with Crippen molar-refractivity contribution in [1.29, 1.82) is 0 Å². The SMILES string of the molecule is Cc1cc(N2CCCOC[C@H]2c2cc(C(O)C(F)(F)F)ccc2Cl)nc(N)n1. The van der Waals surface area contributed by atoms with Crippen molar-refractivity contribution in [2.24, 2.45) is 0 Å². The van der Waals surface area contributed by atoms with Crippen LogP contribution >= 0.6 is 11.6 Å². The van der Waals surface area contributed by atoms with Crippen LogP contribution in [0, 0.1) is 6.92 Å². The van der Waals surface area contributed by atoms with Gasteiger partial charge >= 0.3 is 6.18 Å². The molecule has 28 heavy (non-hydrogen) atoms. The van der Waals surface area contributed by atoms with E-state index in [2.05, 4.69) is 9.97 Å². The second kappa shape index (κ2) is 8.10. The van der Waals surface area contributed by atoms with Crippen LogP contribution in [0.4, 0.5) is 24.9 Å². The molecule has 0 bridgehead atoms. The lowest BCUT2D eigenvalue weighted by atomic mass is 9.99. The van der Waals surface area contributed by atoms with Crippen LogP contribution in [0.5, 0.6) is 0 Å². The summed E-state index contributed by atoms with van der Waals surface area (Å²) in [6, 6.07) is 5.04. The third kappa shape index (κ3) is 4.48.